The number of benzene rings is 2. The summed E-state index contributed by atoms with van der Waals surface area (Å²) >= 11 is 6.08. The summed E-state index contributed by atoms with van der Waals surface area (Å²) in [6.45, 7) is 3.87. The van der Waals surface area contributed by atoms with Crippen molar-refractivity contribution in [1.82, 2.24) is 4.90 Å². The Labute approximate surface area is 179 Å². The topological polar surface area (TPSA) is 49.9 Å². The molecular weight excluding hydrogens is 408 g/mol. The smallest absolute Gasteiger partial charge is 0.231 e. The van der Waals surface area contributed by atoms with Crippen molar-refractivity contribution in [3.63, 3.8) is 0 Å². The molecule has 158 valence electrons. The molecule has 0 spiro atoms. The Hall–Kier alpha value is -1.76. The van der Waals surface area contributed by atoms with Gasteiger partial charge in [0.15, 0.2) is 0 Å². The molecule has 0 unspecified atom stereocenters. The van der Waals surface area contributed by atoms with Gasteiger partial charge in [-0.3, -0.25) is 4.31 Å². The predicted molar refractivity (Wildman–Crippen MR) is 120 cm³/mol. The first-order valence-corrected chi connectivity index (χ1v) is 12.2. The minimum absolute atomic E-state index is 0.501. The van der Waals surface area contributed by atoms with E-state index in [0.717, 1.165) is 36.8 Å². The fourth-order valence-electron chi connectivity index (χ4n) is 3.63. The lowest BCUT2D eigenvalue weighted by Gasteiger charge is -2.32. The van der Waals surface area contributed by atoms with Gasteiger partial charge in [0, 0.05) is 31.1 Å². The SMILES string of the molecule is CN(c1ccc(OC[C@H]2CCCN(CCc3cccc(Cl)c3)C2)cc1)S(C)(=O)=O. The number of ether oxygens (including phenoxy) is 1. The van der Waals surface area contributed by atoms with Gasteiger partial charge in [-0.2, -0.15) is 0 Å². The minimum atomic E-state index is -3.25. The van der Waals surface area contributed by atoms with Gasteiger partial charge in [-0.05, 0) is 67.8 Å². The van der Waals surface area contributed by atoms with Crippen LogP contribution in [0.1, 0.15) is 18.4 Å². The number of anilines is 1. The van der Waals surface area contributed by atoms with Crippen LogP contribution in [0.15, 0.2) is 48.5 Å². The number of likely N-dealkylation sites (tertiary alicyclic amines) is 1. The highest BCUT2D eigenvalue weighted by atomic mass is 35.5. The van der Waals surface area contributed by atoms with Gasteiger partial charge in [0.25, 0.3) is 0 Å². The van der Waals surface area contributed by atoms with Crippen molar-refractivity contribution in [2.75, 3.05) is 43.8 Å². The number of nitrogens with zero attached hydrogens (tertiary/aromatic N) is 2. The second-order valence-electron chi connectivity index (χ2n) is 7.72. The summed E-state index contributed by atoms with van der Waals surface area (Å²) in [6.07, 6.45) is 4.55. The summed E-state index contributed by atoms with van der Waals surface area (Å²) in [4.78, 5) is 2.50. The third-order valence-electron chi connectivity index (χ3n) is 5.39. The lowest BCUT2D eigenvalue weighted by Crippen LogP contribution is -2.38. The quantitative estimate of drug-likeness (QED) is 0.625. The molecule has 0 amide bonds. The van der Waals surface area contributed by atoms with E-state index in [1.54, 1.807) is 19.2 Å². The molecule has 7 heteroatoms. The van der Waals surface area contributed by atoms with Gasteiger partial charge in [0.2, 0.25) is 10.0 Å². The van der Waals surface area contributed by atoms with Crippen LogP contribution < -0.4 is 9.04 Å². The first-order chi connectivity index (χ1) is 13.8. The number of sulfonamides is 1. The molecule has 0 aliphatic carbocycles. The zero-order valence-corrected chi connectivity index (χ0v) is 18.6. The fourth-order valence-corrected chi connectivity index (χ4v) is 4.35. The Morgan fingerprint density at radius 2 is 1.97 bits per heavy atom. The Morgan fingerprint density at radius 3 is 2.66 bits per heavy atom. The maximum Gasteiger partial charge on any atom is 0.231 e. The van der Waals surface area contributed by atoms with Gasteiger partial charge in [0.1, 0.15) is 5.75 Å². The van der Waals surface area contributed by atoms with Crippen LogP contribution in [-0.4, -0.2) is 52.9 Å². The highest BCUT2D eigenvalue weighted by Crippen LogP contribution is 2.23. The molecule has 0 N–H and O–H groups in total. The number of halogens is 1. The first kappa shape index (κ1) is 21.9. The summed E-state index contributed by atoms with van der Waals surface area (Å²) in [6, 6.07) is 15.3. The summed E-state index contributed by atoms with van der Waals surface area (Å²) in [5, 5.41) is 0.793. The average Bonchev–Trinajstić information content (AvgIpc) is 2.70. The highest BCUT2D eigenvalue weighted by molar-refractivity contribution is 7.92. The van der Waals surface area contributed by atoms with Crippen LogP contribution in [0, 0.1) is 5.92 Å². The number of hydrogen-bond donors (Lipinski definition) is 0. The van der Waals surface area contributed by atoms with E-state index in [0.29, 0.717) is 18.2 Å². The molecule has 5 nitrogen and oxygen atoms in total. The molecule has 1 saturated heterocycles. The lowest BCUT2D eigenvalue weighted by molar-refractivity contribution is 0.131. The van der Waals surface area contributed by atoms with Crippen molar-refractivity contribution < 1.29 is 13.2 Å². The van der Waals surface area contributed by atoms with Gasteiger partial charge < -0.3 is 9.64 Å². The summed E-state index contributed by atoms with van der Waals surface area (Å²) in [7, 11) is -1.71. The third-order valence-corrected chi connectivity index (χ3v) is 6.83. The zero-order chi connectivity index (χ0) is 20.9. The van der Waals surface area contributed by atoms with E-state index in [1.807, 2.05) is 30.3 Å². The number of rotatable bonds is 8. The summed E-state index contributed by atoms with van der Waals surface area (Å²) in [5.74, 6) is 1.27. The number of piperidine rings is 1. The Bertz CT molecular complexity index is 903. The van der Waals surface area contributed by atoms with Crippen molar-refractivity contribution in [1.29, 1.82) is 0 Å². The Morgan fingerprint density at radius 1 is 1.21 bits per heavy atom. The van der Waals surface area contributed by atoms with E-state index < -0.39 is 10.0 Å². The Kier molecular flexibility index (Phi) is 7.44. The summed E-state index contributed by atoms with van der Waals surface area (Å²) in [5.41, 5.74) is 1.90. The average molecular weight is 437 g/mol. The normalized spacial score (nSPS) is 17.8. The van der Waals surface area contributed by atoms with Crippen LogP contribution in [-0.2, 0) is 16.4 Å². The van der Waals surface area contributed by atoms with E-state index in [-0.39, 0.29) is 0 Å². The molecule has 3 rings (SSSR count). The van der Waals surface area contributed by atoms with Crippen LogP contribution in [0.4, 0.5) is 5.69 Å². The molecule has 29 heavy (non-hydrogen) atoms. The van der Waals surface area contributed by atoms with Crippen LogP contribution in [0.5, 0.6) is 5.75 Å². The minimum Gasteiger partial charge on any atom is -0.493 e. The zero-order valence-electron chi connectivity index (χ0n) is 17.1. The van der Waals surface area contributed by atoms with Crippen molar-refractivity contribution >= 4 is 27.3 Å². The molecule has 2 aromatic carbocycles. The second kappa shape index (κ2) is 9.83. The monoisotopic (exact) mass is 436 g/mol. The van der Waals surface area contributed by atoms with Crippen LogP contribution in [0.3, 0.4) is 0 Å². The molecule has 0 bridgehead atoms. The van der Waals surface area contributed by atoms with Crippen molar-refractivity contribution in [3.8, 4) is 5.75 Å². The van der Waals surface area contributed by atoms with E-state index >= 15 is 0 Å². The lowest BCUT2D eigenvalue weighted by atomic mass is 9.98. The van der Waals surface area contributed by atoms with Gasteiger partial charge in [-0.25, -0.2) is 8.42 Å². The molecule has 0 radical (unpaired) electrons. The third kappa shape index (κ3) is 6.63. The Balaban J connectivity index is 1.47. The number of hydrogen-bond acceptors (Lipinski definition) is 4. The summed E-state index contributed by atoms with van der Waals surface area (Å²) < 4.78 is 30.5. The standard InChI is InChI=1S/C22H29ClN2O3S/c1-24(29(2,26)27)21-8-10-22(11-9-21)28-17-19-6-4-13-25(16-19)14-12-18-5-3-7-20(23)15-18/h3,5,7-11,15,19H,4,6,12-14,16-17H2,1-2H3/t19-/m0/s1. The molecule has 2 aromatic rings. The van der Waals surface area contributed by atoms with Crippen LogP contribution in [0.2, 0.25) is 5.02 Å². The van der Waals surface area contributed by atoms with Crippen molar-refractivity contribution in [2.45, 2.75) is 19.3 Å². The van der Waals surface area contributed by atoms with Gasteiger partial charge in [0.05, 0.1) is 18.6 Å². The van der Waals surface area contributed by atoms with Gasteiger partial charge in [-0.1, -0.05) is 23.7 Å². The van der Waals surface area contributed by atoms with E-state index in [9.17, 15) is 8.42 Å². The van der Waals surface area contributed by atoms with Gasteiger partial charge in [-0.15, -0.1) is 0 Å². The largest absolute Gasteiger partial charge is 0.493 e. The fraction of sp³-hybridized carbons (Fsp3) is 0.455. The van der Waals surface area contributed by atoms with E-state index in [2.05, 4.69) is 11.0 Å². The van der Waals surface area contributed by atoms with Gasteiger partial charge >= 0.3 is 0 Å². The van der Waals surface area contributed by atoms with Crippen LogP contribution >= 0.6 is 11.6 Å². The highest BCUT2D eigenvalue weighted by Gasteiger charge is 2.20. The van der Waals surface area contributed by atoms with Crippen LogP contribution in [0.25, 0.3) is 0 Å². The molecule has 0 saturated carbocycles. The second-order valence-corrected chi connectivity index (χ2v) is 10.2. The van der Waals surface area contributed by atoms with Crippen molar-refractivity contribution in [3.05, 3.63) is 59.1 Å². The molecule has 1 aliphatic heterocycles. The molecule has 1 fully saturated rings. The van der Waals surface area contributed by atoms with E-state index in [1.165, 1.54) is 29.0 Å². The molecule has 0 aromatic heterocycles. The maximum absolute atomic E-state index is 11.6. The predicted octanol–water partition coefficient (Wildman–Crippen LogP) is 4.07. The maximum atomic E-state index is 11.6. The molecule has 1 heterocycles. The first-order valence-electron chi connectivity index (χ1n) is 9.95. The molecule has 1 aliphatic rings. The van der Waals surface area contributed by atoms with E-state index in [4.69, 9.17) is 16.3 Å². The van der Waals surface area contributed by atoms with Crippen molar-refractivity contribution in [2.24, 2.45) is 5.92 Å². The molecular formula is C22H29ClN2O3S. The molecule has 1 atom stereocenters.